The number of nitrogens with zero attached hydrogens (tertiary/aromatic N) is 4. The molecular weight excluding hydrogens is 440 g/mol. The number of aromatic nitrogens is 2. The van der Waals surface area contributed by atoms with Crippen molar-refractivity contribution in [2.45, 2.75) is 20.3 Å². The van der Waals surface area contributed by atoms with Crippen molar-refractivity contribution in [3.05, 3.63) is 65.9 Å². The van der Waals surface area contributed by atoms with E-state index in [4.69, 9.17) is 22.1 Å². The molecule has 0 aliphatic heterocycles. The number of rotatable bonds is 10. The summed E-state index contributed by atoms with van der Waals surface area (Å²) in [5.74, 6) is 1.32. The molecule has 3 aromatic rings. The van der Waals surface area contributed by atoms with Gasteiger partial charge in [-0.2, -0.15) is 0 Å². The molecule has 8 nitrogen and oxygen atoms in total. The minimum Gasteiger partial charge on any atom is -0.494 e. The van der Waals surface area contributed by atoms with Crippen molar-refractivity contribution in [3.63, 3.8) is 0 Å². The number of halogens is 1. The molecule has 0 saturated carbocycles. The third-order valence-electron chi connectivity index (χ3n) is 5.10. The van der Waals surface area contributed by atoms with Crippen molar-refractivity contribution >= 4 is 40.6 Å². The van der Waals surface area contributed by atoms with Crippen LogP contribution in [-0.2, 0) is 0 Å². The first-order chi connectivity index (χ1) is 16.0. The van der Waals surface area contributed by atoms with Crippen molar-refractivity contribution in [1.29, 1.82) is 0 Å². The van der Waals surface area contributed by atoms with Crippen LogP contribution < -0.4 is 20.7 Å². The van der Waals surface area contributed by atoms with Gasteiger partial charge in [-0.25, -0.2) is 19.7 Å². The fraction of sp³-hybridized carbons (Fsp3) is 0.292. The Morgan fingerprint density at radius 3 is 2.48 bits per heavy atom. The maximum absolute atomic E-state index is 13.2. The lowest BCUT2D eigenvalue weighted by molar-refractivity contribution is 0.249. The molecule has 0 radical (unpaired) electrons. The standard InChI is InChI=1S/C24H29ClN6O2/c1-3-30(4-2)14-7-15-33-19-12-10-18(11-13-19)31(23-16-22(26)27-17-28-23)24(32)29-21-9-6-5-8-20(21)25/h5-6,8-13,16-17H,3-4,7,14-15H2,1-2H3,(H,29,32)(H2,26,27,28). The van der Waals surface area contributed by atoms with Gasteiger partial charge in [0.1, 0.15) is 23.7 Å². The van der Waals surface area contributed by atoms with Gasteiger partial charge in [0.2, 0.25) is 0 Å². The average Bonchev–Trinajstić information content (AvgIpc) is 2.82. The van der Waals surface area contributed by atoms with E-state index in [0.29, 0.717) is 28.8 Å². The number of ether oxygens (including phenoxy) is 1. The van der Waals surface area contributed by atoms with Crippen LogP contribution in [0.1, 0.15) is 20.3 Å². The molecule has 1 heterocycles. The molecule has 33 heavy (non-hydrogen) atoms. The van der Waals surface area contributed by atoms with Crippen LogP contribution in [0.25, 0.3) is 0 Å². The van der Waals surface area contributed by atoms with Gasteiger partial charge in [0.15, 0.2) is 0 Å². The Hall–Kier alpha value is -3.36. The zero-order valence-corrected chi connectivity index (χ0v) is 19.6. The number of carbonyl (C=O) groups is 1. The van der Waals surface area contributed by atoms with Gasteiger partial charge in [0.25, 0.3) is 0 Å². The van der Waals surface area contributed by atoms with Crippen molar-refractivity contribution in [3.8, 4) is 5.75 Å². The normalized spacial score (nSPS) is 10.8. The molecule has 1 aromatic heterocycles. The van der Waals surface area contributed by atoms with Gasteiger partial charge >= 0.3 is 6.03 Å². The van der Waals surface area contributed by atoms with Crippen LogP contribution in [0.4, 0.5) is 27.8 Å². The average molecular weight is 469 g/mol. The number of carbonyl (C=O) groups excluding carboxylic acids is 1. The quantitative estimate of drug-likeness (QED) is 0.397. The summed E-state index contributed by atoms with van der Waals surface area (Å²) >= 11 is 6.21. The lowest BCUT2D eigenvalue weighted by atomic mass is 10.2. The molecule has 9 heteroatoms. The van der Waals surface area contributed by atoms with Crippen LogP contribution in [0, 0.1) is 0 Å². The molecule has 0 fully saturated rings. The van der Waals surface area contributed by atoms with Gasteiger partial charge < -0.3 is 20.7 Å². The van der Waals surface area contributed by atoms with E-state index in [9.17, 15) is 4.79 Å². The predicted molar refractivity (Wildman–Crippen MR) is 133 cm³/mol. The van der Waals surface area contributed by atoms with Gasteiger partial charge in [0, 0.05) is 12.6 Å². The number of anilines is 4. The Kier molecular flexibility index (Phi) is 8.86. The molecule has 3 N–H and O–H groups in total. The summed E-state index contributed by atoms with van der Waals surface area (Å²) in [6, 6.07) is 15.4. The molecule has 0 unspecified atom stereocenters. The molecule has 0 aliphatic carbocycles. The van der Waals surface area contributed by atoms with Crippen molar-refractivity contribution in [1.82, 2.24) is 14.9 Å². The number of urea groups is 1. The van der Waals surface area contributed by atoms with Gasteiger partial charge in [-0.1, -0.05) is 37.6 Å². The molecule has 0 saturated heterocycles. The second kappa shape index (κ2) is 12.0. The third-order valence-corrected chi connectivity index (χ3v) is 5.43. The summed E-state index contributed by atoms with van der Waals surface area (Å²) in [5.41, 5.74) is 6.91. The summed E-state index contributed by atoms with van der Waals surface area (Å²) in [7, 11) is 0. The summed E-state index contributed by atoms with van der Waals surface area (Å²) in [6.45, 7) is 7.99. The summed E-state index contributed by atoms with van der Waals surface area (Å²) < 4.78 is 5.87. The molecule has 0 atom stereocenters. The molecular formula is C24H29ClN6O2. The second-order valence-corrected chi connectivity index (χ2v) is 7.68. The van der Waals surface area contributed by atoms with Crippen LogP contribution in [0.3, 0.4) is 0 Å². The third kappa shape index (κ3) is 6.81. The number of nitrogen functional groups attached to an aromatic ring is 1. The fourth-order valence-electron chi connectivity index (χ4n) is 3.28. The van der Waals surface area contributed by atoms with E-state index >= 15 is 0 Å². The van der Waals surface area contributed by atoms with E-state index < -0.39 is 6.03 Å². The van der Waals surface area contributed by atoms with Crippen LogP contribution >= 0.6 is 11.6 Å². The molecule has 3 rings (SSSR count). The lowest BCUT2D eigenvalue weighted by Crippen LogP contribution is -2.31. The number of nitrogens with one attached hydrogen (secondary N) is 1. The van der Waals surface area contributed by atoms with Crippen LogP contribution in [0.5, 0.6) is 5.75 Å². The van der Waals surface area contributed by atoms with Gasteiger partial charge in [-0.15, -0.1) is 0 Å². The number of amides is 2. The van der Waals surface area contributed by atoms with Gasteiger partial charge in [-0.3, -0.25) is 0 Å². The zero-order valence-electron chi connectivity index (χ0n) is 18.9. The van der Waals surface area contributed by atoms with Crippen LogP contribution in [-0.4, -0.2) is 47.1 Å². The Labute approximate surface area is 199 Å². The molecule has 2 amide bonds. The molecule has 2 aromatic carbocycles. The maximum atomic E-state index is 13.2. The van der Waals surface area contributed by atoms with E-state index in [1.165, 1.54) is 17.3 Å². The highest BCUT2D eigenvalue weighted by Gasteiger charge is 2.21. The summed E-state index contributed by atoms with van der Waals surface area (Å²) in [6.07, 6.45) is 2.25. The summed E-state index contributed by atoms with van der Waals surface area (Å²) in [5, 5.41) is 3.25. The highest BCUT2D eigenvalue weighted by Crippen LogP contribution is 2.29. The molecule has 0 bridgehead atoms. The Bertz CT molecular complexity index is 1040. The smallest absolute Gasteiger partial charge is 0.332 e. The Morgan fingerprint density at radius 1 is 1.09 bits per heavy atom. The van der Waals surface area contributed by atoms with Gasteiger partial charge in [-0.05, 0) is 55.9 Å². The number of benzene rings is 2. The zero-order chi connectivity index (χ0) is 23.6. The van der Waals surface area contributed by atoms with Crippen molar-refractivity contribution in [2.24, 2.45) is 0 Å². The predicted octanol–water partition coefficient (Wildman–Crippen LogP) is 5.19. The van der Waals surface area contributed by atoms with Gasteiger partial charge in [0.05, 0.1) is 23.0 Å². The van der Waals surface area contributed by atoms with E-state index in [-0.39, 0.29) is 5.82 Å². The number of hydrogen-bond donors (Lipinski definition) is 2. The molecule has 0 spiro atoms. The van der Waals surface area contributed by atoms with E-state index in [1.54, 1.807) is 36.4 Å². The highest BCUT2D eigenvalue weighted by atomic mass is 35.5. The van der Waals surface area contributed by atoms with E-state index in [2.05, 4.69) is 34.0 Å². The molecule has 174 valence electrons. The number of nitrogens with two attached hydrogens (primary N) is 1. The van der Waals surface area contributed by atoms with Crippen molar-refractivity contribution < 1.29 is 9.53 Å². The minimum atomic E-state index is -0.436. The first kappa shape index (κ1) is 24.3. The Morgan fingerprint density at radius 2 is 1.82 bits per heavy atom. The van der Waals surface area contributed by atoms with Crippen LogP contribution in [0.15, 0.2) is 60.9 Å². The topological polar surface area (TPSA) is 96.6 Å². The van der Waals surface area contributed by atoms with Crippen molar-refractivity contribution in [2.75, 3.05) is 42.2 Å². The highest BCUT2D eigenvalue weighted by molar-refractivity contribution is 6.33. The minimum absolute atomic E-state index is 0.253. The van der Waals surface area contributed by atoms with E-state index in [1.807, 2.05) is 12.1 Å². The summed E-state index contributed by atoms with van der Waals surface area (Å²) in [4.78, 5) is 25.1. The fourth-order valence-corrected chi connectivity index (χ4v) is 3.46. The monoisotopic (exact) mass is 468 g/mol. The molecule has 0 aliphatic rings. The lowest BCUT2D eigenvalue weighted by Gasteiger charge is -2.23. The first-order valence-corrected chi connectivity index (χ1v) is 11.3. The largest absolute Gasteiger partial charge is 0.494 e. The van der Waals surface area contributed by atoms with Crippen LogP contribution in [0.2, 0.25) is 5.02 Å². The second-order valence-electron chi connectivity index (χ2n) is 7.27. The number of hydrogen-bond acceptors (Lipinski definition) is 6. The van der Waals surface area contributed by atoms with E-state index in [0.717, 1.165) is 31.8 Å². The Balaban J connectivity index is 1.75. The number of para-hydroxylation sites is 1. The maximum Gasteiger partial charge on any atom is 0.332 e. The SMILES string of the molecule is CCN(CC)CCCOc1ccc(N(C(=O)Nc2ccccc2Cl)c2cc(N)ncn2)cc1. The first-order valence-electron chi connectivity index (χ1n) is 10.9.